The van der Waals surface area contributed by atoms with E-state index in [9.17, 15) is 4.79 Å². The highest BCUT2D eigenvalue weighted by Crippen LogP contribution is 2.11. The quantitative estimate of drug-likeness (QED) is 0.512. The minimum Gasteiger partial charge on any atom is -0.344 e. The molecule has 0 aliphatic rings. The number of aromatic nitrogens is 1. The Bertz CT molecular complexity index is 608. The Balaban J connectivity index is 2.16. The highest BCUT2D eigenvalue weighted by molar-refractivity contribution is 5.94. The standard InChI is InChI=1S/C14H13N5O/c15-19-17-10-13(12-8-4-5-9-16-12)18-14(20)11-6-2-1-3-7-11/h1-9,13H,10H2,(H,18,20)/t13-/m0/s1. The van der Waals surface area contributed by atoms with Gasteiger partial charge in [0.25, 0.3) is 5.91 Å². The second kappa shape index (κ2) is 6.92. The smallest absolute Gasteiger partial charge is 0.251 e. The molecule has 0 aliphatic heterocycles. The molecule has 1 aromatic carbocycles. The molecular weight excluding hydrogens is 254 g/mol. The van der Waals surface area contributed by atoms with Gasteiger partial charge in [0.05, 0.1) is 18.3 Å². The van der Waals surface area contributed by atoms with E-state index in [1.807, 2.05) is 12.1 Å². The summed E-state index contributed by atoms with van der Waals surface area (Å²) >= 11 is 0. The molecule has 1 aromatic heterocycles. The monoisotopic (exact) mass is 267 g/mol. The van der Waals surface area contributed by atoms with E-state index in [2.05, 4.69) is 20.3 Å². The zero-order chi connectivity index (χ0) is 14.2. The highest BCUT2D eigenvalue weighted by Gasteiger charge is 2.15. The predicted molar refractivity (Wildman–Crippen MR) is 74.9 cm³/mol. The van der Waals surface area contributed by atoms with Crippen LogP contribution in [0.2, 0.25) is 0 Å². The molecule has 1 heterocycles. The van der Waals surface area contributed by atoms with Gasteiger partial charge in [0, 0.05) is 16.7 Å². The molecule has 0 spiro atoms. The molecule has 0 aliphatic carbocycles. The van der Waals surface area contributed by atoms with Gasteiger partial charge in [-0.25, -0.2) is 0 Å². The van der Waals surface area contributed by atoms with Crippen LogP contribution in [0, 0.1) is 0 Å². The van der Waals surface area contributed by atoms with Gasteiger partial charge in [0.1, 0.15) is 0 Å². The topological polar surface area (TPSA) is 90.8 Å². The van der Waals surface area contributed by atoms with Crippen LogP contribution >= 0.6 is 0 Å². The molecule has 100 valence electrons. The van der Waals surface area contributed by atoms with Gasteiger partial charge in [0.15, 0.2) is 0 Å². The number of azide groups is 1. The number of carbonyl (C=O) groups is 1. The fourth-order valence-corrected chi connectivity index (χ4v) is 1.74. The lowest BCUT2D eigenvalue weighted by molar-refractivity contribution is 0.0937. The summed E-state index contributed by atoms with van der Waals surface area (Å²) in [5, 5.41) is 6.34. The number of pyridine rings is 1. The van der Waals surface area contributed by atoms with Crippen molar-refractivity contribution in [2.45, 2.75) is 6.04 Å². The molecule has 6 heteroatoms. The fraction of sp³-hybridized carbons (Fsp3) is 0.143. The lowest BCUT2D eigenvalue weighted by atomic mass is 10.1. The van der Waals surface area contributed by atoms with Gasteiger partial charge in [-0.15, -0.1) is 0 Å². The third-order valence-electron chi connectivity index (χ3n) is 2.71. The van der Waals surface area contributed by atoms with Gasteiger partial charge in [-0.3, -0.25) is 9.78 Å². The second-order valence-corrected chi connectivity index (χ2v) is 4.06. The molecule has 0 bridgehead atoms. The zero-order valence-electron chi connectivity index (χ0n) is 10.7. The van der Waals surface area contributed by atoms with Crippen molar-refractivity contribution in [2.75, 3.05) is 6.54 Å². The van der Waals surface area contributed by atoms with Crippen LogP contribution in [0.3, 0.4) is 0 Å². The summed E-state index contributed by atoms with van der Waals surface area (Å²) in [5.74, 6) is -0.227. The zero-order valence-corrected chi connectivity index (χ0v) is 10.7. The van der Waals surface area contributed by atoms with Gasteiger partial charge < -0.3 is 5.32 Å². The van der Waals surface area contributed by atoms with Crippen LogP contribution in [-0.4, -0.2) is 17.4 Å². The Labute approximate surface area is 116 Å². The van der Waals surface area contributed by atoms with E-state index >= 15 is 0 Å². The normalized spacial score (nSPS) is 11.2. The molecule has 1 atom stereocenters. The first-order chi connectivity index (χ1) is 9.81. The van der Waals surface area contributed by atoms with Crippen LogP contribution in [0.25, 0.3) is 10.4 Å². The molecule has 2 rings (SSSR count). The molecule has 20 heavy (non-hydrogen) atoms. The number of hydrogen-bond donors (Lipinski definition) is 1. The van der Waals surface area contributed by atoms with E-state index in [1.54, 1.807) is 42.6 Å². The van der Waals surface area contributed by atoms with Crippen molar-refractivity contribution in [1.82, 2.24) is 10.3 Å². The third kappa shape index (κ3) is 3.57. The van der Waals surface area contributed by atoms with E-state index in [-0.39, 0.29) is 12.5 Å². The Morgan fingerprint density at radius 1 is 1.25 bits per heavy atom. The van der Waals surface area contributed by atoms with Crippen molar-refractivity contribution >= 4 is 5.91 Å². The molecule has 1 amide bonds. The number of benzene rings is 1. The number of nitrogens with zero attached hydrogens (tertiary/aromatic N) is 4. The molecule has 0 saturated heterocycles. The summed E-state index contributed by atoms with van der Waals surface area (Å²) in [6.45, 7) is 0.117. The summed E-state index contributed by atoms with van der Waals surface area (Å²) in [7, 11) is 0. The number of carbonyl (C=O) groups excluding carboxylic acids is 1. The lowest BCUT2D eigenvalue weighted by Crippen LogP contribution is -2.30. The summed E-state index contributed by atoms with van der Waals surface area (Å²) in [4.78, 5) is 19.0. The van der Waals surface area contributed by atoms with Crippen LogP contribution in [0.15, 0.2) is 59.8 Å². The van der Waals surface area contributed by atoms with Crippen molar-refractivity contribution in [2.24, 2.45) is 5.11 Å². The van der Waals surface area contributed by atoms with Crippen LogP contribution in [0.1, 0.15) is 22.1 Å². The molecule has 0 fully saturated rings. The number of nitrogens with one attached hydrogen (secondary N) is 1. The highest BCUT2D eigenvalue weighted by atomic mass is 16.1. The average molecular weight is 267 g/mol. The Hall–Kier alpha value is -2.85. The Kier molecular flexibility index (Phi) is 4.70. The minimum atomic E-state index is -0.445. The number of amides is 1. The summed E-state index contributed by atoms with van der Waals surface area (Å²) in [6, 6.07) is 13.8. The molecule has 1 N–H and O–H groups in total. The molecule has 0 unspecified atom stereocenters. The van der Waals surface area contributed by atoms with Crippen molar-refractivity contribution in [3.05, 3.63) is 76.4 Å². The average Bonchev–Trinajstić information content (AvgIpc) is 2.53. The van der Waals surface area contributed by atoms with E-state index in [0.717, 1.165) is 0 Å². The van der Waals surface area contributed by atoms with Crippen molar-refractivity contribution in [3.8, 4) is 0 Å². The summed E-state index contributed by atoms with van der Waals surface area (Å²) in [6.07, 6.45) is 1.63. The van der Waals surface area contributed by atoms with Crippen LogP contribution in [-0.2, 0) is 0 Å². The third-order valence-corrected chi connectivity index (χ3v) is 2.71. The molecule has 2 aromatic rings. The fourth-order valence-electron chi connectivity index (χ4n) is 1.74. The Morgan fingerprint density at radius 3 is 2.65 bits per heavy atom. The lowest BCUT2D eigenvalue weighted by Gasteiger charge is -2.16. The summed E-state index contributed by atoms with van der Waals surface area (Å²) in [5.41, 5.74) is 9.65. The maximum Gasteiger partial charge on any atom is 0.251 e. The Morgan fingerprint density at radius 2 is 2.00 bits per heavy atom. The van der Waals surface area contributed by atoms with Crippen LogP contribution < -0.4 is 5.32 Å². The van der Waals surface area contributed by atoms with Gasteiger partial charge in [0.2, 0.25) is 0 Å². The van der Waals surface area contributed by atoms with E-state index in [4.69, 9.17) is 5.53 Å². The van der Waals surface area contributed by atoms with Crippen LogP contribution in [0.5, 0.6) is 0 Å². The van der Waals surface area contributed by atoms with E-state index < -0.39 is 6.04 Å². The van der Waals surface area contributed by atoms with E-state index in [1.165, 1.54) is 0 Å². The minimum absolute atomic E-state index is 0.117. The van der Waals surface area contributed by atoms with Gasteiger partial charge in [-0.1, -0.05) is 29.4 Å². The number of rotatable bonds is 5. The largest absolute Gasteiger partial charge is 0.344 e. The molecule has 0 saturated carbocycles. The second-order valence-electron chi connectivity index (χ2n) is 4.06. The first-order valence-corrected chi connectivity index (χ1v) is 6.09. The van der Waals surface area contributed by atoms with Gasteiger partial charge in [-0.05, 0) is 29.8 Å². The SMILES string of the molecule is [N-]=[N+]=NC[C@H](NC(=O)c1ccccc1)c1ccccn1. The maximum absolute atomic E-state index is 12.1. The molecular formula is C14H13N5O. The maximum atomic E-state index is 12.1. The van der Waals surface area contributed by atoms with Gasteiger partial charge in [-0.2, -0.15) is 0 Å². The predicted octanol–water partition coefficient (Wildman–Crippen LogP) is 2.86. The molecule has 0 radical (unpaired) electrons. The van der Waals surface area contributed by atoms with Crippen LogP contribution in [0.4, 0.5) is 0 Å². The number of hydrogen-bond acceptors (Lipinski definition) is 3. The molecule has 6 nitrogen and oxygen atoms in total. The van der Waals surface area contributed by atoms with Crippen molar-refractivity contribution < 1.29 is 4.79 Å². The first kappa shape index (κ1) is 13.6. The summed E-state index contributed by atoms with van der Waals surface area (Å²) < 4.78 is 0. The first-order valence-electron chi connectivity index (χ1n) is 6.09. The van der Waals surface area contributed by atoms with E-state index in [0.29, 0.717) is 11.3 Å². The van der Waals surface area contributed by atoms with Gasteiger partial charge >= 0.3 is 0 Å². The van der Waals surface area contributed by atoms with Crippen molar-refractivity contribution in [3.63, 3.8) is 0 Å². The van der Waals surface area contributed by atoms with Crippen molar-refractivity contribution in [1.29, 1.82) is 0 Å².